The van der Waals surface area contributed by atoms with E-state index in [4.69, 9.17) is 37.9 Å². The van der Waals surface area contributed by atoms with E-state index >= 15 is 0 Å². The Kier molecular flexibility index (Phi) is 18.3. The molecule has 3 fully saturated rings. The molecule has 3 saturated heterocycles. The number of aliphatic hydroxyl groups is 4. The van der Waals surface area contributed by atoms with Crippen molar-refractivity contribution in [2.45, 2.75) is 179 Å². The third kappa shape index (κ3) is 13.4. The number of fused-ring (bicyclic) bond motifs is 6. The van der Waals surface area contributed by atoms with E-state index in [9.17, 15) is 44.4 Å². The van der Waals surface area contributed by atoms with Gasteiger partial charge in [0.1, 0.15) is 12.2 Å². The van der Waals surface area contributed by atoms with Crippen molar-refractivity contribution in [2.75, 3.05) is 14.2 Å². The van der Waals surface area contributed by atoms with Crippen molar-refractivity contribution in [3.05, 3.63) is 59.8 Å². The largest absolute Gasteiger partial charge is 0.466 e. The number of hydrogen-bond acceptors (Lipinski definition) is 17. The van der Waals surface area contributed by atoms with Gasteiger partial charge >= 0.3 is 29.8 Å². The number of hydrogen-bond donors (Lipinski definition) is 4. The van der Waals surface area contributed by atoms with E-state index in [1.807, 2.05) is 13.0 Å². The number of rotatable bonds is 9. The summed E-state index contributed by atoms with van der Waals surface area (Å²) in [5, 5.41) is 47.5. The van der Waals surface area contributed by atoms with Gasteiger partial charge in [0.25, 0.3) is 0 Å². The molecule has 0 spiro atoms. The molecule has 0 aromatic rings. The summed E-state index contributed by atoms with van der Waals surface area (Å²) in [6.07, 6.45) is 2.55. The minimum atomic E-state index is -2.47. The summed E-state index contributed by atoms with van der Waals surface area (Å²) in [5.74, 6) is -8.31. The average molecular weight is 905 g/mol. The quantitative estimate of drug-likeness (QED) is 0.0830. The summed E-state index contributed by atoms with van der Waals surface area (Å²) in [4.78, 5) is 64.7. The molecule has 358 valence electrons. The molecule has 11 atom stereocenters. The SMILES string of the molecule is CCCC=CC=CC(=O)O[C@H]1C(=CC(=O)OC)C[C@H]2C[C@H]([C@@H](C)O)OC(=O)C[C@H](O)CC3C[C@H](OC(C)=O)C(C)(C)[C@](O)(C[C@@H]4CC(=CC(=O)OC)C[C@H](C=CC(C)(C)[C@]1(O)O2)O4)O3. The van der Waals surface area contributed by atoms with Gasteiger partial charge in [-0.1, -0.05) is 77.0 Å². The van der Waals surface area contributed by atoms with E-state index in [-0.39, 0.29) is 50.5 Å². The first-order chi connectivity index (χ1) is 29.9. The van der Waals surface area contributed by atoms with Crippen LogP contribution in [0.5, 0.6) is 0 Å². The van der Waals surface area contributed by atoms with E-state index < -0.39 is 114 Å². The molecule has 17 heteroatoms. The summed E-state index contributed by atoms with van der Waals surface area (Å²) in [6, 6.07) is 0. The summed E-state index contributed by atoms with van der Waals surface area (Å²) in [7, 11) is 2.40. The Morgan fingerprint density at radius 3 is 2.20 bits per heavy atom. The zero-order valence-corrected chi connectivity index (χ0v) is 38.5. The van der Waals surface area contributed by atoms with Crippen LogP contribution in [0.15, 0.2) is 59.8 Å². The zero-order valence-electron chi connectivity index (χ0n) is 38.5. The van der Waals surface area contributed by atoms with Crippen LogP contribution in [0.3, 0.4) is 0 Å². The Morgan fingerprint density at radius 2 is 1.56 bits per heavy atom. The molecule has 6 bridgehead atoms. The normalized spacial score (nSPS) is 35.3. The highest BCUT2D eigenvalue weighted by atomic mass is 16.7. The smallest absolute Gasteiger partial charge is 0.331 e. The van der Waals surface area contributed by atoms with Crippen LogP contribution in [-0.2, 0) is 61.9 Å². The Labute approximate surface area is 375 Å². The summed E-state index contributed by atoms with van der Waals surface area (Å²) in [5.41, 5.74) is -2.06. The number of cyclic esters (lactones) is 1. The molecule has 0 amide bonds. The van der Waals surface area contributed by atoms with Crippen molar-refractivity contribution in [1.82, 2.24) is 0 Å². The molecule has 1 unspecified atom stereocenters. The van der Waals surface area contributed by atoms with Gasteiger partial charge in [-0.25, -0.2) is 14.4 Å². The molecule has 4 rings (SSSR count). The average Bonchev–Trinajstić information content (AvgIpc) is 3.19. The summed E-state index contributed by atoms with van der Waals surface area (Å²) >= 11 is 0. The first-order valence-electron chi connectivity index (χ1n) is 21.9. The minimum absolute atomic E-state index is 0.0721. The van der Waals surface area contributed by atoms with Gasteiger partial charge in [0, 0.05) is 56.3 Å². The van der Waals surface area contributed by atoms with E-state index in [0.717, 1.165) is 32.1 Å². The maximum atomic E-state index is 13.4. The number of esters is 5. The molecule has 64 heavy (non-hydrogen) atoms. The second-order valence-electron chi connectivity index (χ2n) is 18.3. The second kappa shape index (κ2) is 22.3. The van der Waals surface area contributed by atoms with Crippen molar-refractivity contribution >= 4 is 29.8 Å². The Morgan fingerprint density at radius 1 is 0.875 bits per heavy atom. The highest BCUT2D eigenvalue weighted by Gasteiger charge is 2.59. The van der Waals surface area contributed by atoms with Crippen molar-refractivity contribution in [3.8, 4) is 0 Å². The molecule has 4 aliphatic heterocycles. The van der Waals surface area contributed by atoms with Crippen LogP contribution in [0.4, 0.5) is 0 Å². The molecular weight excluding hydrogens is 836 g/mol. The molecule has 4 N–H and O–H groups in total. The number of carbonyl (C=O) groups is 5. The van der Waals surface area contributed by atoms with Crippen LogP contribution in [0.1, 0.15) is 113 Å². The summed E-state index contributed by atoms with van der Waals surface area (Å²) < 4.78 is 46.7. The van der Waals surface area contributed by atoms with Gasteiger partial charge in [-0.2, -0.15) is 0 Å². The van der Waals surface area contributed by atoms with Gasteiger partial charge < -0.3 is 58.3 Å². The first kappa shape index (κ1) is 52.4. The molecule has 0 aromatic carbocycles. The topological polar surface area (TPSA) is 240 Å². The highest BCUT2D eigenvalue weighted by molar-refractivity contribution is 5.85. The maximum absolute atomic E-state index is 13.4. The fourth-order valence-electron chi connectivity index (χ4n) is 8.57. The van der Waals surface area contributed by atoms with Crippen LogP contribution in [0.2, 0.25) is 0 Å². The van der Waals surface area contributed by atoms with Crippen molar-refractivity contribution in [1.29, 1.82) is 0 Å². The first-order valence-corrected chi connectivity index (χ1v) is 21.9. The Bertz CT molecular complexity index is 1830. The van der Waals surface area contributed by atoms with Crippen LogP contribution in [0, 0.1) is 10.8 Å². The van der Waals surface area contributed by atoms with Crippen molar-refractivity contribution in [2.24, 2.45) is 10.8 Å². The number of allylic oxidation sites excluding steroid dienone is 3. The van der Waals surface area contributed by atoms with Gasteiger partial charge in [0.2, 0.25) is 5.79 Å². The third-order valence-corrected chi connectivity index (χ3v) is 12.4. The van der Waals surface area contributed by atoms with E-state index in [1.54, 1.807) is 45.9 Å². The van der Waals surface area contributed by atoms with Gasteiger partial charge in [-0.15, -0.1) is 0 Å². The molecule has 0 aromatic heterocycles. The van der Waals surface area contributed by atoms with Crippen LogP contribution < -0.4 is 0 Å². The van der Waals surface area contributed by atoms with Gasteiger partial charge in [0.15, 0.2) is 11.9 Å². The van der Waals surface area contributed by atoms with E-state index in [2.05, 4.69) is 0 Å². The summed E-state index contributed by atoms with van der Waals surface area (Å²) in [6.45, 7) is 11.2. The number of carbonyl (C=O) groups excluding carboxylic acids is 5. The monoisotopic (exact) mass is 904 g/mol. The molecule has 0 saturated carbocycles. The fraction of sp³-hybridized carbons (Fsp3) is 0.681. The van der Waals surface area contributed by atoms with Gasteiger partial charge in [-0.3, -0.25) is 9.59 Å². The van der Waals surface area contributed by atoms with E-state index in [1.165, 1.54) is 33.1 Å². The second-order valence-corrected chi connectivity index (χ2v) is 18.3. The molecule has 4 aliphatic rings. The Hall–Kier alpha value is -4.23. The fourth-order valence-corrected chi connectivity index (χ4v) is 8.57. The lowest BCUT2D eigenvalue weighted by Gasteiger charge is -2.53. The predicted octanol–water partition coefficient (Wildman–Crippen LogP) is 4.28. The highest BCUT2D eigenvalue weighted by Crippen LogP contribution is 2.50. The molecule has 0 aliphatic carbocycles. The maximum Gasteiger partial charge on any atom is 0.331 e. The van der Waals surface area contributed by atoms with Crippen LogP contribution >= 0.6 is 0 Å². The molecule has 17 nitrogen and oxygen atoms in total. The lowest BCUT2D eigenvalue weighted by molar-refractivity contribution is -0.348. The molecule has 0 radical (unpaired) electrons. The number of methoxy groups -OCH3 is 2. The molecular formula is C47H68O17. The van der Waals surface area contributed by atoms with Gasteiger partial charge in [0.05, 0.1) is 62.7 Å². The minimum Gasteiger partial charge on any atom is -0.466 e. The predicted molar refractivity (Wildman–Crippen MR) is 228 cm³/mol. The van der Waals surface area contributed by atoms with Crippen molar-refractivity contribution < 1.29 is 82.3 Å². The van der Waals surface area contributed by atoms with Crippen LogP contribution in [-0.4, -0.2) is 131 Å². The third-order valence-electron chi connectivity index (χ3n) is 12.4. The van der Waals surface area contributed by atoms with E-state index in [0.29, 0.717) is 5.57 Å². The number of ether oxygens (including phenoxy) is 8. The van der Waals surface area contributed by atoms with Gasteiger partial charge in [-0.05, 0) is 38.2 Å². The van der Waals surface area contributed by atoms with Crippen molar-refractivity contribution in [3.63, 3.8) is 0 Å². The lowest BCUT2D eigenvalue weighted by Crippen LogP contribution is -2.62. The number of unbranched alkanes of at least 4 members (excludes halogenated alkanes) is 1. The Balaban J connectivity index is 1.89. The zero-order chi connectivity index (χ0) is 47.6. The standard InChI is InChI=1S/C47H68O17/c1-10-11-12-13-14-15-39(51)62-43-31(22-41(53)58-9)21-34-25-37(28(2)48)61-42(54)24-32(50)23-35-26-38(59-29(3)49)45(6,7)46(55,63-35)27-36-19-30(20-40(52)57-8)18-33(60-36)16-17-44(4,5)47(43,56)64-34/h12-17,20,22,28,32-38,43,48,50,55-56H,10-11,18-19,21,23-27H2,1-9H3/t28-,32-,33+,34+,35?,36+,37-,38+,43+,46+,47-/m1/s1. The van der Waals surface area contributed by atoms with Crippen LogP contribution in [0.25, 0.3) is 0 Å². The number of aliphatic hydroxyl groups excluding tert-OH is 2. The molecule has 4 heterocycles. The lowest BCUT2D eigenvalue weighted by atomic mass is 9.70.